The summed E-state index contributed by atoms with van der Waals surface area (Å²) < 4.78 is 44.3. The largest absolute Gasteiger partial charge is 0.490 e. The number of nitrogens with zero attached hydrogens (tertiary/aromatic N) is 4. The first-order chi connectivity index (χ1) is 22.8. The van der Waals surface area contributed by atoms with Crippen LogP contribution in [0.2, 0.25) is 0 Å². The average Bonchev–Trinajstić information content (AvgIpc) is 3.67. The highest BCUT2D eigenvalue weighted by Gasteiger charge is 2.28. The number of benzene rings is 2. The third-order valence-corrected chi connectivity index (χ3v) is 9.47. The highest BCUT2D eigenvalue weighted by molar-refractivity contribution is 7.18. The maximum absolute atomic E-state index is 16.0. The van der Waals surface area contributed by atoms with Crippen LogP contribution >= 0.6 is 11.3 Å². The molecule has 240 valence electrons. The number of carbonyl (C=O) groups is 2. The molecule has 0 saturated heterocycles. The topological polar surface area (TPSA) is 98.6 Å². The van der Waals surface area contributed by atoms with Gasteiger partial charge in [0.15, 0.2) is 0 Å². The van der Waals surface area contributed by atoms with Crippen LogP contribution < -0.4 is 10.1 Å². The van der Waals surface area contributed by atoms with E-state index in [2.05, 4.69) is 11.9 Å². The summed E-state index contributed by atoms with van der Waals surface area (Å²) in [7, 11) is 1.52. The van der Waals surface area contributed by atoms with Gasteiger partial charge < -0.3 is 19.7 Å². The SMILES string of the molecule is C=CC(=O)N1CCc2cc(-c3nc(-c4ccc5c(c4)CNC(=O)C5)c4ccsc4c3-c3c(F)cc(F)cc3OCCOC)nn2CC1. The number of thiophene rings is 1. The van der Waals surface area contributed by atoms with Gasteiger partial charge in [-0.25, -0.2) is 13.8 Å². The Kier molecular flexibility index (Phi) is 8.29. The van der Waals surface area contributed by atoms with Gasteiger partial charge in [0.2, 0.25) is 11.8 Å². The van der Waals surface area contributed by atoms with Crippen LogP contribution in [0.25, 0.3) is 43.9 Å². The Hall–Kier alpha value is -4.94. The maximum atomic E-state index is 16.0. The molecule has 0 unspecified atom stereocenters. The zero-order chi connectivity index (χ0) is 32.7. The van der Waals surface area contributed by atoms with E-state index in [-0.39, 0.29) is 36.3 Å². The average molecular weight is 656 g/mol. The Morgan fingerprint density at radius 1 is 1.06 bits per heavy atom. The molecule has 2 aromatic carbocycles. The van der Waals surface area contributed by atoms with E-state index >= 15 is 4.39 Å². The minimum Gasteiger partial charge on any atom is -0.490 e. The monoisotopic (exact) mass is 655 g/mol. The Labute approximate surface area is 273 Å². The summed E-state index contributed by atoms with van der Waals surface area (Å²) in [4.78, 5) is 31.2. The van der Waals surface area contributed by atoms with Crippen molar-refractivity contribution < 1.29 is 27.8 Å². The van der Waals surface area contributed by atoms with Crippen molar-refractivity contribution in [3.63, 3.8) is 0 Å². The van der Waals surface area contributed by atoms with Gasteiger partial charge in [-0.3, -0.25) is 14.3 Å². The van der Waals surface area contributed by atoms with E-state index in [1.165, 1.54) is 30.6 Å². The van der Waals surface area contributed by atoms with Crippen molar-refractivity contribution in [2.24, 2.45) is 0 Å². The van der Waals surface area contributed by atoms with Gasteiger partial charge in [-0.1, -0.05) is 18.7 Å². The molecule has 7 rings (SSSR count). The van der Waals surface area contributed by atoms with Crippen LogP contribution in [-0.2, 0) is 40.3 Å². The van der Waals surface area contributed by atoms with Crippen LogP contribution in [0.5, 0.6) is 5.75 Å². The van der Waals surface area contributed by atoms with E-state index in [0.29, 0.717) is 61.7 Å². The molecule has 47 heavy (non-hydrogen) atoms. The first kappa shape index (κ1) is 30.7. The van der Waals surface area contributed by atoms with Gasteiger partial charge in [0.1, 0.15) is 35.4 Å². The van der Waals surface area contributed by atoms with Crippen LogP contribution in [0, 0.1) is 11.6 Å². The number of ether oxygens (including phenoxy) is 2. The molecular formula is C35H31F2N5O4S. The lowest BCUT2D eigenvalue weighted by Crippen LogP contribution is -2.32. The van der Waals surface area contributed by atoms with Crippen molar-refractivity contribution in [1.29, 1.82) is 0 Å². The first-order valence-electron chi connectivity index (χ1n) is 15.2. The Morgan fingerprint density at radius 3 is 2.77 bits per heavy atom. The summed E-state index contributed by atoms with van der Waals surface area (Å²) in [5.74, 6) is -1.66. The smallest absolute Gasteiger partial charge is 0.246 e. The van der Waals surface area contributed by atoms with Gasteiger partial charge in [0.05, 0.1) is 30.8 Å². The second-order valence-electron chi connectivity index (χ2n) is 11.4. The van der Waals surface area contributed by atoms with Gasteiger partial charge in [-0.15, -0.1) is 11.3 Å². The molecule has 0 radical (unpaired) electrons. The van der Waals surface area contributed by atoms with E-state index in [0.717, 1.165) is 38.5 Å². The molecule has 0 saturated carbocycles. The number of carbonyl (C=O) groups excluding carboxylic acids is 2. The van der Waals surface area contributed by atoms with E-state index in [1.807, 2.05) is 40.4 Å². The van der Waals surface area contributed by atoms with Crippen molar-refractivity contribution in [3.8, 4) is 39.5 Å². The van der Waals surface area contributed by atoms with Gasteiger partial charge in [0, 0.05) is 72.2 Å². The number of aromatic nitrogens is 3. The second-order valence-corrected chi connectivity index (χ2v) is 12.3. The standard InChI is InChI=1S/C35H31F2N5O4S/c1-3-30(44)41-8-6-24-18-27(40-42(24)10-9-41)34-32(31-26(37)16-23(36)17-28(31)46-12-11-45-2)35-25(7-13-47-35)33(39-34)21-5-4-20-15-29(43)38-19-22(20)14-21/h3-5,7,13-14,16-18H,1,6,8-12,15,19H2,2H3,(H,38,43). The summed E-state index contributed by atoms with van der Waals surface area (Å²) in [5.41, 5.74) is 5.86. The van der Waals surface area contributed by atoms with E-state index in [1.54, 1.807) is 4.90 Å². The molecule has 2 aliphatic heterocycles. The normalized spacial score (nSPS) is 14.4. The van der Waals surface area contributed by atoms with Crippen molar-refractivity contribution >= 4 is 33.2 Å². The summed E-state index contributed by atoms with van der Waals surface area (Å²) in [6.45, 7) is 5.77. The summed E-state index contributed by atoms with van der Waals surface area (Å²) in [6.07, 6.45) is 2.18. The lowest BCUT2D eigenvalue weighted by molar-refractivity contribution is -0.126. The van der Waals surface area contributed by atoms with Crippen LogP contribution in [-0.4, -0.2) is 64.9 Å². The molecule has 2 aliphatic rings. The highest BCUT2D eigenvalue weighted by atomic mass is 32.1. The van der Waals surface area contributed by atoms with E-state index in [9.17, 15) is 14.0 Å². The van der Waals surface area contributed by atoms with Gasteiger partial charge in [-0.2, -0.15) is 5.10 Å². The Morgan fingerprint density at radius 2 is 1.94 bits per heavy atom. The number of pyridine rings is 1. The molecule has 5 aromatic rings. The minimum atomic E-state index is -0.785. The predicted octanol–water partition coefficient (Wildman–Crippen LogP) is 5.54. The van der Waals surface area contributed by atoms with Crippen molar-refractivity contribution in [2.45, 2.75) is 25.9 Å². The first-order valence-corrected chi connectivity index (χ1v) is 16.1. The maximum Gasteiger partial charge on any atom is 0.246 e. The second kappa shape index (κ2) is 12.7. The zero-order valence-electron chi connectivity index (χ0n) is 25.6. The number of hydrogen-bond acceptors (Lipinski definition) is 7. The molecule has 1 N–H and O–H groups in total. The summed E-state index contributed by atoms with van der Waals surface area (Å²) >= 11 is 1.42. The van der Waals surface area contributed by atoms with Gasteiger partial charge in [-0.05, 0) is 40.8 Å². The van der Waals surface area contributed by atoms with Crippen molar-refractivity contribution in [2.75, 3.05) is 33.4 Å². The van der Waals surface area contributed by atoms with Crippen LogP contribution in [0.3, 0.4) is 0 Å². The number of amides is 2. The summed E-state index contributed by atoms with van der Waals surface area (Å²) in [6, 6.07) is 11.8. The quantitative estimate of drug-likeness (QED) is 0.174. The van der Waals surface area contributed by atoms with Crippen LogP contribution in [0.15, 0.2) is 60.5 Å². The number of hydrogen-bond donors (Lipinski definition) is 1. The molecule has 9 nitrogen and oxygen atoms in total. The zero-order valence-corrected chi connectivity index (χ0v) is 26.5. The molecule has 0 fully saturated rings. The van der Waals surface area contributed by atoms with Crippen molar-refractivity contribution in [3.05, 3.63) is 89.0 Å². The number of fused-ring (bicyclic) bond motifs is 3. The fraction of sp³-hybridized carbons (Fsp3) is 0.257. The molecular weight excluding hydrogens is 624 g/mol. The molecule has 0 spiro atoms. The van der Waals surface area contributed by atoms with Crippen molar-refractivity contribution in [1.82, 2.24) is 25.0 Å². The van der Waals surface area contributed by atoms with E-state index < -0.39 is 11.6 Å². The lowest BCUT2D eigenvalue weighted by atomic mass is 9.94. The Bertz CT molecular complexity index is 2030. The van der Waals surface area contributed by atoms with Gasteiger partial charge in [0.25, 0.3) is 0 Å². The predicted molar refractivity (Wildman–Crippen MR) is 175 cm³/mol. The lowest BCUT2D eigenvalue weighted by Gasteiger charge is -2.19. The molecule has 0 atom stereocenters. The molecule has 0 aliphatic carbocycles. The fourth-order valence-corrected chi connectivity index (χ4v) is 7.18. The molecule has 5 heterocycles. The highest BCUT2D eigenvalue weighted by Crippen LogP contribution is 2.47. The molecule has 2 amide bonds. The van der Waals surface area contributed by atoms with Crippen LogP contribution in [0.1, 0.15) is 16.8 Å². The number of rotatable bonds is 8. The number of halogens is 2. The fourth-order valence-electron chi connectivity index (χ4n) is 6.24. The number of methoxy groups -OCH3 is 1. The Balaban J connectivity index is 1.44. The van der Waals surface area contributed by atoms with Crippen LogP contribution in [0.4, 0.5) is 8.78 Å². The molecule has 0 bridgehead atoms. The van der Waals surface area contributed by atoms with Gasteiger partial charge >= 0.3 is 0 Å². The molecule has 3 aromatic heterocycles. The van der Waals surface area contributed by atoms with E-state index in [4.69, 9.17) is 19.6 Å². The third kappa shape index (κ3) is 5.79. The minimum absolute atomic E-state index is 0.0170. The summed E-state index contributed by atoms with van der Waals surface area (Å²) in [5, 5.41) is 10.6. The number of nitrogens with one attached hydrogen (secondary N) is 1. The third-order valence-electron chi connectivity index (χ3n) is 8.54. The molecule has 12 heteroatoms.